The second-order valence-corrected chi connectivity index (χ2v) is 4.77. The molecule has 0 bridgehead atoms. The fraction of sp³-hybridized carbons (Fsp3) is 0.231. The summed E-state index contributed by atoms with van der Waals surface area (Å²) in [6.07, 6.45) is 3.30. The third kappa shape index (κ3) is 3.43. The molecule has 18 heavy (non-hydrogen) atoms. The maximum atomic E-state index is 11.1. The van der Waals surface area contributed by atoms with Crippen LogP contribution in [-0.2, 0) is 6.54 Å². The summed E-state index contributed by atoms with van der Waals surface area (Å²) in [6.45, 7) is 2.65. The first-order chi connectivity index (χ1) is 8.65. The Morgan fingerprint density at radius 2 is 2.33 bits per heavy atom. The van der Waals surface area contributed by atoms with E-state index in [0.29, 0.717) is 18.7 Å². The van der Waals surface area contributed by atoms with Crippen LogP contribution < -0.4 is 4.74 Å². The molecule has 0 aliphatic carbocycles. The van der Waals surface area contributed by atoms with Gasteiger partial charge in [0.2, 0.25) is 0 Å². The van der Waals surface area contributed by atoms with Crippen LogP contribution in [0, 0.1) is 0 Å². The van der Waals surface area contributed by atoms with Crippen molar-refractivity contribution in [2.75, 3.05) is 6.61 Å². The van der Waals surface area contributed by atoms with E-state index in [1.807, 2.05) is 24.3 Å². The molecule has 0 saturated heterocycles. The van der Waals surface area contributed by atoms with Gasteiger partial charge in [-0.15, -0.1) is 0 Å². The van der Waals surface area contributed by atoms with Gasteiger partial charge in [0.15, 0.2) is 5.78 Å². The Hall–Kier alpha value is -1.62. The Morgan fingerprint density at radius 3 is 3.00 bits per heavy atom. The summed E-state index contributed by atoms with van der Waals surface area (Å²) in [5.41, 5.74) is 0.623. The summed E-state index contributed by atoms with van der Waals surface area (Å²) >= 11 is 3.38. The van der Waals surface area contributed by atoms with Gasteiger partial charge in [-0.25, -0.2) is 0 Å². The van der Waals surface area contributed by atoms with Crippen molar-refractivity contribution >= 4 is 21.7 Å². The number of halogens is 1. The number of aromatic nitrogens is 2. The molecule has 1 aromatic heterocycles. The molecule has 1 heterocycles. The Bertz CT molecular complexity index is 551. The van der Waals surface area contributed by atoms with Crippen LogP contribution in [0.3, 0.4) is 0 Å². The van der Waals surface area contributed by atoms with Crippen LogP contribution in [0.2, 0.25) is 0 Å². The number of carbonyl (C=O) groups is 1. The Balaban J connectivity index is 1.86. The molecule has 0 aliphatic heterocycles. The maximum Gasteiger partial charge on any atom is 0.162 e. The number of benzene rings is 1. The Morgan fingerprint density at radius 1 is 1.50 bits per heavy atom. The highest BCUT2D eigenvalue weighted by Crippen LogP contribution is 2.17. The molecule has 0 radical (unpaired) electrons. The largest absolute Gasteiger partial charge is 0.492 e. The van der Waals surface area contributed by atoms with Crippen molar-refractivity contribution in [2.24, 2.45) is 0 Å². The molecule has 0 atom stereocenters. The van der Waals surface area contributed by atoms with Gasteiger partial charge in [-0.3, -0.25) is 9.48 Å². The second-order valence-electron chi connectivity index (χ2n) is 3.85. The molecule has 5 heteroatoms. The van der Waals surface area contributed by atoms with Gasteiger partial charge in [0, 0.05) is 10.7 Å². The van der Waals surface area contributed by atoms with Crippen molar-refractivity contribution < 1.29 is 9.53 Å². The minimum Gasteiger partial charge on any atom is -0.492 e. The lowest BCUT2D eigenvalue weighted by Crippen LogP contribution is -2.08. The molecule has 0 N–H and O–H groups in total. The quantitative estimate of drug-likeness (QED) is 0.798. The number of hydrogen-bond acceptors (Lipinski definition) is 3. The van der Waals surface area contributed by atoms with Crippen molar-refractivity contribution in [3.05, 3.63) is 46.7 Å². The number of rotatable bonds is 5. The van der Waals surface area contributed by atoms with E-state index in [4.69, 9.17) is 4.74 Å². The van der Waals surface area contributed by atoms with Gasteiger partial charge in [0.05, 0.1) is 18.3 Å². The topological polar surface area (TPSA) is 44.1 Å². The van der Waals surface area contributed by atoms with E-state index in [1.165, 1.54) is 6.92 Å². The van der Waals surface area contributed by atoms with Gasteiger partial charge in [0.1, 0.15) is 12.4 Å². The van der Waals surface area contributed by atoms with E-state index in [2.05, 4.69) is 21.0 Å². The summed E-state index contributed by atoms with van der Waals surface area (Å²) in [6, 6.07) is 7.67. The highest BCUT2D eigenvalue weighted by Gasteiger charge is 2.03. The van der Waals surface area contributed by atoms with Crippen LogP contribution in [0.25, 0.3) is 0 Å². The van der Waals surface area contributed by atoms with Crippen LogP contribution in [0.4, 0.5) is 0 Å². The van der Waals surface area contributed by atoms with Crippen LogP contribution >= 0.6 is 15.9 Å². The standard InChI is InChI=1S/C13H13BrN2O2/c1-10(17)11-8-15-16(9-11)5-6-18-13-4-2-3-12(14)7-13/h2-4,7-9H,5-6H2,1H3. The zero-order valence-electron chi connectivity index (χ0n) is 9.97. The van der Waals surface area contributed by atoms with Crippen molar-refractivity contribution in [3.63, 3.8) is 0 Å². The summed E-state index contributed by atoms with van der Waals surface area (Å²) < 4.78 is 8.27. The SMILES string of the molecule is CC(=O)c1cnn(CCOc2cccc(Br)c2)c1. The predicted molar refractivity (Wildman–Crippen MR) is 71.9 cm³/mol. The third-order valence-corrected chi connectivity index (χ3v) is 2.92. The lowest BCUT2D eigenvalue weighted by molar-refractivity contribution is 0.101. The first-order valence-corrected chi connectivity index (χ1v) is 6.36. The molecule has 0 amide bonds. The smallest absolute Gasteiger partial charge is 0.162 e. The van der Waals surface area contributed by atoms with Gasteiger partial charge in [-0.1, -0.05) is 22.0 Å². The lowest BCUT2D eigenvalue weighted by Gasteiger charge is -2.06. The summed E-state index contributed by atoms with van der Waals surface area (Å²) in [4.78, 5) is 11.1. The highest BCUT2D eigenvalue weighted by atomic mass is 79.9. The second kappa shape index (κ2) is 5.82. The average molecular weight is 309 g/mol. The fourth-order valence-corrected chi connectivity index (χ4v) is 1.86. The van der Waals surface area contributed by atoms with Gasteiger partial charge >= 0.3 is 0 Å². The normalized spacial score (nSPS) is 10.3. The average Bonchev–Trinajstić information content (AvgIpc) is 2.78. The maximum absolute atomic E-state index is 11.1. The highest BCUT2D eigenvalue weighted by molar-refractivity contribution is 9.10. The molecule has 2 rings (SSSR count). The molecule has 0 fully saturated rings. The molecule has 4 nitrogen and oxygen atoms in total. The molecule has 0 spiro atoms. The molecular formula is C13H13BrN2O2. The molecular weight excluding hydrogens is 296 g/mol. The number of nitrogens with zero attached hydrogens (tertiary/aromatic N) is 2. The molecule has 0 unspecified atom stereocenters. The van der Waals surface area contributed by atoms with Crippen LogP contribution in [0.5, 0.6) is 5.75 Å². The van der Waals surface area contributed by atoms with E-state index in [1.54, 1.807) is 17.1 Å². The van der Waals surface area contributed by atoms with E-state index in [9.17, 15) is 4.79 Å². The monoisotopic (exact) mass is 308 g/mol. The molecule has 2 aromatic rings. The molecule has 0 aliphatic rings. The summed E-state index contributed by atoms with van der Waals surface area (Å²) in [7, 11) is 0. The van der Waals surface area contributed by atoms with Crippen LogP contribution in [0.1, 0.15) is 17.3 Å². The van der Waals surface area contributed by atoms with Crippen molar-refractivity contribution in [1.29, 1.82) is 0 Å². The molecule has 0 saturated carbocycles. The molecule has 1 aromatic carbocycles. The van der Waals surface area contributed by atoms with E-state index in [-0.39, 0.29) is 5.78 Å². The first kappa shape index (κ1) is 12.8. The van der Waals surface area contributed by atoms with Gasteiger partial charge in [-0.2, -0.15) is 5.10 Å². The summed E-state index contributed by atoms with van der Waals surface area (Å²) in [5, 5.41) is 4.09. The zero-order chi connectivity index (χ0) is 13.0. The number of carbonyl (C=O) groups excluding carboxylic acids is 1. The number of ketones is 1. The number of hydrogen-bond donors (Lipinski definition) is 0. The number of Topliss-reactive ketones (excluding diaryl/α,β-unsaturated/α-hetero) is 1. The van der Waals surface area contributed by atoms with E-state index >= 15 is 0 Å². The minimum atomic E-state index is 0.0224. The van der Waals surface area contributed by atoms with Crippen LogP contribution in [0.15, 0.2) is 41.1 Å². The van der Waals surface area contributed by atoms with Gasteiger partial charge in [-0.05, 0) is 25.1 Å². The lowest BCUT2D eigenvalue weighted by atomic mass is 10.3. The zero-order valence-corrected chi connectivity index (χ0v) is 11.6. The van der Waals surface area contributed by atoms with Crippen LogP contribution in [-0.4, -0.2) is 22.2 Å². The van der Waals surface area contributed by atoms with Crippen molar-refractivity contribution in [3.8, 4) is 5.75 Å². The Kier molecular flexibility index (Phi) is 4.15. The fourth-order valence-electron chi connectivity index (χ4n) is 1.48. The predicted octanol–water partition coefficient (Wildman–Crippen LogP) is 2.93. The van der Waals surface area contributed by atoms with Gasteiger partial charge < -0.3 is 4.74 Å². The van der Waals surface area contributed by atoms with Gasteiger partial charge in [0.25, 0.3) is 0 Å². The Labute approximate surface area is 114 Å². The third-order valence-electron chi connectivity index (χ3n) is 2.42. The van der Waals surface area contributed by atoms with Crippen molar-refractivity contribution in [1.82, 2.24) is 9.78 Å². The minimum absolute atomic E-state index is 0.0224. The first-order valence-electron chi connectivity index (χ1n) is 5.57. The van der Waals surface area contributed by atoms with E-state index in [0.717, 1.165) is 10.2 Å². The number of ether oxygens (including phenoxy) is 1. The summed E-state index contributed by atoms with van der Waals surface area (Å²) in [5.74, 6) is 0.831. The van der Waals surface area contributed by atoms with Crippen molar-refractivity contribution in [2.45, 2.75) is 13.5 Å². The van der Waals surface area contributed by atoms with E-state index < -0.39 is 0 Å². The molecule has 94 valence electrons.